The summed E-state index contributed by atoms with van der Waals surface area (Å²) in [7, 11) is 0. The summed E-state index contributed by atoms with van der Waals surface area (Å²) in [5.74, 6) is 0. The largest absolute Gasteiger partial charge is 0.768 e. The van der Waals surface area contributed by atoms with Crippen LogP contribution in [0.3, 0.4) is 0 Å². The lowest BCUT2D eigenvalue weighted by molar-refractivity contribution is -0.109. The third-order valence-corrected chi connectivity index (χ3v) is 2.73. The molecule has 1 atom stereocenters. The maximum absolute atomic E-state index is 10.7. The summed E-state index contributed by atoms with van der Waals surface area (Å²) < 4.78 is 20.9. The van der Waals surface area contributed by atoms with Crippen LogP contribution in [0, 0.1) is 0 Å². The quantitative estimate of drug-likeness (QED) is 0.555. The highest BCUT2D eigenvalue weighted by Gasteiger charge is 1.98. The van der Waals surface area contributed by atoms with E-state index in [1.807, 2.05) is 0 Å². The average molecular weight is 215 g/mol. The Kier molecular flexibility index (Phi) is 3.65. The Morgan fingerprint density at radius 1 is 1.38 bits per heavy atom. The number of carbonyl (C=O) groups is 1. The van der Waals surface area contributed by atoms with Crippen molar-refractivity contribution < 1.29 is 13.6 Å². The molecule has 70 valence electrons. The monoisotopic (exact) mass is 215 g/mol. The highest BCUT2D eigenvalue weighted by Crippen LogP contribution is 2.19. The van der Waals surface area contributed by atoms with E-state index in [0.29, 0.717) is 0 Å². The third kappa shape index (κ3) is 3.30. The van der Waals surface area contributed by atoms with Gasteiger partial charge in [0.05, 0.1) is 0 Å². The van der Waals surface area contributed by atoms with Gasteiger partial charge in [-0.1, -0.05) is 11.8 Å². The summed E-state index contributed by atoms with van der Waals surface area (Å²) in [6.07, 6.45) is 0. The zero-order valence-corrected chi connectivity index (χ0v) is 8.48. The Bertz CT molecular complexity index is 332. The van der Waals surface area contributed by atoms with Gasteiger partial charge in [0.1, 0.15) is 0 Å². The molecule has 0 radical (unpaired) electrons. The van der Waals surface area contributed by atoms with Crippen LogP contribution in [0.25, 0.3) is 0 Å². The highest BCUT2D eigenvalue weighted by molar-refractivity contribution is 8.13. The summed E-state index contributed by atoms with van der Waals surface area (Å²) in [6.45, 7) is 1.46. The molecule has 1 aromatic carbocycles. The van der Waals surface area contributed by atoms with Gasteiger partial charge >= 0.3 is 0 Å². The highest BCUT2D eigenvalue weighted by atomic mass is 32.2. The molecular weight excluding hydrogens is 208 g/mol. The number of rotatable bonds is 2. The zero-order chi connectivity index (χ0) is 9.84. The van der Waals surface area contributed by atoms with Crippen molar-refractivity contribution in [2.45, 2.75) is 16.7 Å². The van der Waals surface area contributed by atoms with Crippen molar-refractivity contribution in [2.24, 2.45) is 0 Å². The predicted octanol–water partition coefficient (Wildman–Crippen LogP) is 1.56. The summed E-state index contributed by atoms with van der Waals surface area (Å²) in [6, 6.07) is 6.15. The van der Waals surface area contributed by atoms with Crippen molar-refractivity contribution >= 4 is 28.0 Å². The lowest BCUT2D eigenvalue weighted by Crippen LogP contribution is -1.88. The van der Waals surface area contributed by atoms with Crippen molar-refractivity contribution in [3.05, 3.63) is 24.3 Å². The van der Waals surface area contributed by atoms with Crippen molar-refractivity contribution in [2.75, 3.05) is 0 Å². The number of benzene rings is 1. The van der Waals surface area contributed by atoms with Gasteiger partial charge in [-0.3, -0.25) is 9.00 Å². The molecule has 1 rings (SSSR count). The van der Waals surface area contributed by atoms with E-state index in [1.54, 1.807) is 12.1 Å². The normalized spacial score (nSPS) is 12.5. The Labute approximate surface area is 82.8 Å². The molecule has 5 heteroatoms. The number of hydrogen-bond donors (Lipinski definition) is 0. The minimum absolute atomic E-state index is 0.0176. The number of carbonyl (C=O) groups excluding carboxylic acids is 1. The molecular formula is C8H7O3S2-. The van der Waals surface area contributed by atoms with Crippen LogP contribution in [0.15, 0.2) is 34.1 Å². The van der Waals surface area contributed by atoms with E-state index < -0.39 is 11.1 Å². The predicted molar refractivity (Wildman–Crippen MR) is 50.2 cm³/mol. The molecule has 1 aromatic rings. The van der Waals surface area contributed by atoms with Crippen molar-refractivity contribution in [3.8, 4) is 0 Å². The number of thioether (sulfide) groups is 1. The fraction of sp³-hybridized carbons (Fsp3) is 0.125. The fourth-order valence-electron chi connectivity index (χ4n) is 0.785. The van der Waals surface area contributed by atoms with E-state index in [1.165, 1.54) is 19.1 Å². The topological polar surface area (TPSA) is 57.2 Å². The summed E-state index contributed by atoms with van der Waals surface area (Å²) in [4.78, 5) is 11.7. The standard InChI is InChI=1S/C8H8O3S2/c1-6(9)12-7-2-4-8(5-3-7)13(10)11/h2-5H,1H3,(H,10,11)/p-1. The third-order valence-electron chi connectivity index (χ3n) is 1.28. The maximum atomic E-state index is 10.7. The molecule has 0 heterocycles. The van der Waals surface area contributed by atoms with Gasteiger partial charge in [0.25, 0.3) is 0 Å². The molecule has 0 amide bonds. The lowest BCUT2D eigenvalue weighted by Gasteiger charge is -2.04. The van der Waals surface area contributed by atoms with E-state index in [9.17, 15) is 13.6 Å². The van der Waals surface area contributed by atoms with Gasteiger partial charge in [0.2, 0.25) is 0 Å². The summed E-state index contributed by atoms with van der Waals surface area (Å²) >= 11 is -1.12. The first-order chi connectivity index (χ1) is 6.09. The molecule has 0 spiro atoms. The lowest BCUT2D eigenvalue weighted by atomic mass is 10.4. The maximum Gasteiger partial charge on any atom is 0.190 e. The molecule has 13 heavy (non-hydrogen) atoms. The van der Waals surface area contributed by atoms with Crippen LogP contribution in [0.4, 0.5) is 0 Å². The van der Waals surface area contributed by atoms with Gasteiger partial charge < -0.3 is 4.55 Å². The molecule has 3 nitrogen and oxygen atoms in total. The van der Waals surface area contributed by atoms with Crippen LogP contribution < -0.4 is 0 Å². The van der Waals surface area contributed by atoms with E-state index in [4.69, 9.17) is 0 Å². The van der Waals surface area contributed by atoms with Crippen molar-refractivity contribution in [3.63, 3.8) is 0 Å². The van der Waals surface area contributed by atoms with Crippen LogP contribution >= 0.6 is 11.8 Å². The van der Waals surface area contributed by atoms with Crippen LogP contribution in [0.2, 0.25) is 0 Å². The van der Waals surface area contributed by atoms with Crippen LogP contribution in [0.1, 0.15) is 6.92 Å². The Balaban J connectivity index is 2.81. The SMILES string of the molecule is CC(=O)Sc1ccc(S(=O)[O-])cc1. The molecule has 0 fully saturated rings. The van der Waals surface area contributed by atoms with E-state index >= 15 is 0 Å². The Morgan fingerprint density at radius 2 is 1.92 bits per heavy atom. The molecule has 0 saturated carbocycles. The van der Waals surface area contributed by atoms with Gasteiger partial charge in [-0.05, 0) is 35.3 Å². The molecule has 0 aliphatic carbocycles. The van der Waals surface area contributed by atoms with E-state index in [0.717, 1.165) is 16.7 Å². The Morgan fingerprint density at radius 3 is 2.31 bits per heavy atom. The molecule has 0 bridgehead atoms. The van der Waals surface area contributed by atoms with Gasteiger partial charge in [-0.2, -0.15) is 0 Å². The van der Waals surface area contributed by atoms with Gasteiger partial charge in [-0.15, -0.1) is 0 Å². The van der Waals surface area contributed by atoms with Gasteiger partial charge in [0, 0.05) is 16.7 Å². The van der Waals surface area contributed by atoms with Crippen LogP contribution in [-0.2, 0) is 15.9 Å². The van der Waals surface area contributed by atoms with Gasteiger partial charge in [0.15, 0.2) is 5.12 Å². The van der Waals surface area contributed by atoms with Crippen molar-refractivity contribution in [1.29, 1.82) is 0 Å². The van der Waals surface area contributed by atoms with Crippen LogP contribution in [-0.4, -0.2) is 13.9 Å². The molecule has 0 saturated heterocycles. The van der Waals surface area contributed by atoms with E-state index in [2.05, 4.69) is 0 Å². The first-order valence-electron chi connectivity index (χ1n) is 3.47. The minimum Gasteiger partial charge on any atom is -0.768 e. The fourth-order valence-corrected chi connectivity index (χ4v) is 1.75. The second kappa shape index (κ2) is 4.55. The molecule has 0 aliphatic rings. The van der Waals surface area contributed by atoms with Crippen molar-refractivity contribution in [1.82, 2.24) is 0 Å². The molecule has 1 unspecified atom stereocenters. The Hall–Kier alpha value is -0.650. The second-order valence-corrected chi connectivity index (χ2v) is 4.49. The van der Waals surface area contributed by atoms with E-state index in [-0.39, 0.29) is 10.0 Å². The average Bonchev–Trinajstić information content (AvgIpc) is 2.04. The summed E-state index contributed by atoms with van der Waals surface area (Å²) in [5.41, 5.74) is 0. The minimum atomic E-state index is -2.19. The molecule has 0 aliphatic heterocycles. The smallest absolute Gasteiger partial charge is 0.190 e. The molecule has 0 aromatic heterocycles. The van der Waals surface area contributed by atoms with Crippen LogP contribution in [0.5, 0.6) is 0 Å². The first-order valence-corrected chi connectivity index (χ1v) is 5.36. The first kappa shape index (κ1) is 10.4. The zero-order valence-electron chi connectivity index (χ0n) is 6.85. The number of hydrogen-bond acceptors (Lipinski definition) is 4. The second-order valence-electron chi connectivity index (χ2n) is 2.30. The summed E-state index contributed by atoms with van der Waals surface area (Å²) in [5, 5.41) is -0.0176. The van der Waals surface area contributed by atoms with Gasteiger partial charge in [-0.25, -0.2) is 0 Å². The molecule has 0 N–H and O–H groups in total.